The minimum absolute atomic E-state index is 0.0246. The van der Waals surface area contributed by atoms with Crippen molar-refractivity contribution in [3.05, 3.63) is 47.9 Å². The monoisotopic (exact) mass is 707 g/mol. The smallest absolute Gasteiger partial charge is 0.326 e. The van der Waals surface area contributed by atoms with Gasteiger partial charge in [0.1, 0.15) is 34.5 Å². The Morgan fingerprint density at radius 2 is 2.00 bits per heavy atom. The highest BCUT2D eigenvalue weighted by atomic mass is 19.3. The third-order valence-corrected chi connectivity index (χ3v) is 11.3. The third-order valence-electron chi connectivity index (χ3n) is 11.3. The van der Waals surface area contributed by atoms with Gasteiger partial charge < -0.3 is 33.5 Å². The molecule has 5 atom stereocenters. The van der Waals surface area contributed by atoms with Gasteiger partial charge >= 0.3 is 5.97 Å². The van der Waals surface area contributed by atoms with Crippen molar-refractivity contribution >= 4 is 39.5 Å². The third kappa shape index (κ3) is 5.01. The number of pyridine rings is 1. The minimum atomic E-state index is -3.02. The first kappa shape index (κ1) is 32.2. The molecule has 5 fully saturated rings. The highest BCUT2D eigenvalue weighted by molar-refractivity contribution is 6.06. The molecule has 0 amide bonds. The van der Waals surface area contributed by atoms with Crippen molar-refractivity contribution in [2.24, 2.45) is 11.3 Å². The van der Waals surface area contributed by atoms with Crippen molar-refractivity contribution in [2.75, 3.05) is 42.7 Å². The molecule has 3 aliphatic heterocycles. The molecule has 1 aromatic carbocycles. The van der Waals surface area contributed by atoms with Gasteiger partial charge in [-0.25, -0.2) is 37.3 Å². The number of carbonyl (C=O) groups is 1. The van der Waals surface area contributed by atoms with E-state index in [0.717, 1.165) is 0 Å². The molecule has 2 unspecified atom stereocenters. The van der Waals surface area contributed by atoms with Crippen molar-refractivity contribution in [3.8, 4) is 17.7 Å². The van der Waals surface area contributed by atoms with Gasteiger partial charge in [-0.3, -0.25) is 0 Å². The van der Waals surface area contributed by atoms with Gasteiger partial charge in [-0.1, -0.05) is 24.0 Å². The average molecular weight is 708 g/mol. The molecule has 5 aliphatic rings. The number of carboxylic acid groups (broad SMARTS) is 1. The number of fused-ring (bicyclic) bond motifs is 4. The van der Waals surface area contributed by atoms with Gasteiger partial charge in [0.05, 0.1) is 37.8 Å². The maximum atomic E-state index is 14.8. The zero-order valence-corrected chi connectivity index (χ0v) is 27.5. The summed E-state index contributed by atoms with van der Waals surface area (Å²) in [5.74, 6) is 1.12. The zero-order chi connectivity index (χ0) is 35.3. The predicted molar refractivity (Wildman–Crippen MR) is 174 cm³/mol. The summed E-state index contributed by atoms with van der Waals surface area (Å²) < 4.78 is 81.8. The Hall–Kier alpha value is -4.68. The molecule has 0 bridgehead atoms. The van der Waals surface area contributed by atoms with E-state index in [-0.39, 0.29) is 54.1 Å². The lowest BCUT2D eigenvalue weighted by Crippen LogP contribution is -2.68. The van der Waals surface area contributed by atoms with E-state index in [1.54, 1.807) is 30.3 Å². The molecule has 51 heavy (non-hydrogen) atoms. The molecule has 3 aromatic heterocycles. The number of nitrogens with zero attached hydrogens (tertiary/aromatic N) is 5. The maximum absolute atomic E-state index is 14.8. The SMILES string of the molecule is C[C@@H]1N(c2cc(C#CC34CC3CCC4(F)F)cnc2O[C@H]2C[C@@H](C(=O)O)N(c3nc(C(F)F)nc4c3oc3ccccc34)C2)CCOC12COC2. The molecule has 1 spiro atoms. The van der Waals surface area contributed by atoms with E-state index in [0.29, 0.717) is 61.4 Å². The number of morpholine rings is 1. The van der Waals surface area contributed by atoms with Crippen molar-refractivity contribution < 1.29 is 46.1 Å². The van der Waals surface area contributed by atoms with Crippen molar-refractivity contribution in [2.45, 2.75) is 68.7 Å². The highest BCUT2D eigenvalue weighted by Gasteiger charge is 2.72. The molecule has 15 heteroatoms. The first-order valence-corrected chi connectivity index (χ1v) is 17.0. The topological polar surface area (TPSA) is 123 Å². The molecule has 3 saturated heterocycles. The molecular weight excluding hydrogens is 674 g/mol. The van der Waals surface area contributed by atoms with Crippen molar-refractivity contribution in [1.29, 1.82) is 0 Å². The molecule has 11 nitrogen and oxygen atoms in total. The Labute approximate surface area is 288 Å². The quantitative estimate of drug-likeness (QED) is 0.199. The number of hydrogen-bond acceptors (Lipinski definition) is 10. The van der Waals surface area contributed by atoms with Crippen LogP contribution in [-0.4, -0.2) is 88.6 Å². The normalized spacial score (nSPS) is 28.9. The fraction of sp³-hybridized carbons (Fsp3) is 0.500. The average Bonchev–Trinajstić information content (AvgIpc) is 3.33. The summed E-state index contributed by atoms with van der Waals surface area (Å²) in [6.07, 6.45) is -1.65. The van der Waals surface area contributed by atoms with E-state index in [1.165, 1.54) is 11.1 Å². The Kier molecular flexibility index (Phi) is 7.21. The summed E-state index contributed by atoms with van der Waals surface area (Å²) in [6, 6.07) is 7.20. The first-order chi connectivity index (χ1) is 24.5. The standard InChI is InChI=1S/C36H33F4N5O6/c1-19-35(17-48-18-35)49-11-10-44(19)24-12-20(6-8-34-14-21(34)7-9-36(34,39)40)15-41-32(24)50-22-13-25(33(46)47)45(16-22)31-28-27(42-30(43-31)29(37)38)23-4-2-3-5-26(23)51-28/h2-5,12,15,19,21-22,25,29H,7,9-11,13-14,16-18H2,1H3,(H,46,47)/t19-,21?,22-,25-,34?/m0/s1. The van der Waals surface area contributed by atoms with Gasteiger partial charge in [-0.05, 0) is 43.9 Å². The molecule has 6 heterocycles. The van der Waals surface area contributed by atoms with E-state index in [2.05, 4.69) is 31.7 Å². The Bertz CT molecular complexity index is 2130. The van der Waals surface area contributed by atoms with Crippen LogP contribution in [0.15, 0.2) is 40.9 Å². The number of alkyl halides is 4. The number of ether oxygens (including phenoxy) is 3. The number of carboxylic acids is 1. The molecule has 266 valence electrons. The summed E-state index contributed by atoms with van der Waals surface area (Å²) >= 11 is 0. The molecule has 0 radical (unpaired) electrons. The van der Waals surface area contributed by atoms with Gasteiger partial charge in [0, 0.05) is 36.5 Å². The second-order valence-corrected chi connectivity index (χ2v) is 14.2. The molecule has 1 N–H and O–H groups in total. The second-order valence-electron chi connectivity index (χ2n) is 14.2. The van der Waals surface area contributed by atoms with Gasteiger partial charge in [0.2, 0.25) is 5.88 Å². The number of aromatic nitrogens is 3. The van der Waals surface area contributed by atoms with Crippen LogP contribution < -0.4 is 14.5 Å². The van der Waals surface area contributed by atoms with Crippen LogP contribution in [0, 0.1) is 23.2 Å². The fourth-order valence-electron chi connectivity index (χ4n) is 8.24. The van der Waals surface area contributed by atoms with E-state index in [4.69, 9.17) is 18.6 Å². The Morgan fingerprint density at radius 1 is 1.18 bits per heavy atom. The number of anilines is 2. The van der Waals surface area contributed by atoms with Gasteiger partial charge in [-0.2, -0.15) is 0 Å². The van der Waals surface area contributed by atoms with Gasteiger partial charge in [0.25, 0.3) is 12.3 Å². The highest BCUT2D eigenvalue weighted by Crippen LogP contribution is 2.70. The number of hydrogen-bond donors (Lipinski definition) is 1. The van der Waals surface area contributed by atoms with Crippen LogP contribution >= 0.6 is 0 Å². The van der Waals surface area contributed by atoms with Crippen LogP contribution in [0.3, 0.4) is 0 Å². The number of aliphatic carboxylic acids is 1. The molecule has 2 saturated carbocycles. The molecule has 9 rings (SSSR count). The Morgan fingerprint density at radius 3 is 2.71 bits per heavy atom. The fourth-order valence-corrected chi connectivity index (χ4v) is 8.24. The zero-order valence-electron chi connectivity index (χ0n) is 27.5. The van der Waals surface area contributed by atoms with E-state index in [1.807, 2.05) is 6.92 Å². The van der Waals surface area contributed by atoms with Gasteiger partial charge in [-0.15, -0.1) is 0 Å². The molecule has 2 aliphatic carbocycles. The summed E-state index contributed by atoms with van der Waals surface area (Å²) in [4.78, 5) is 28.9. The number of furan rings is 1. The van der Waals surface area contributed by atoms with Crippen LogP contribution in [0.1, 0.15) is 50.4 Å². The van der Waals surface area contributed by atoms with Crippen LogP contribution in [-0.2, 0) is 14.3 Å². The van der Waals surface area contributed by atoms with Crippen LogP contribution in [0.4, 0.5) is 29.1 Å². The first-order valence-electron chi connectivity index (χ1n) is 17.0. The van der Waals surface area contributed by atoms with Crippen molar-refractivity contribution in [1.82, 2.24) is 15.0 Å². The van der Waals surface area contributed by atoms with E-state index < -0.39 is 47.3 Å². The minimum Gasteiger partial charge on any atom is -0.480 e. The number of para-hydroxylation sites is 1. The molecule has 4 aromatic rings. The van der Waals surface area contributed by atoms with E-state index >= 15 is 0 Å². The largest absolute Gasteiger partial charge is 0.480 e. The van der Waals surface area contributed by atoms with E-state index in [9.17, 15) is 27.5 Å². The van der Waals surface area contributed by atoms with Crippen LogP contribution in [0.5, 0.6) is 5.88 Å². The summed E-state index contributed by atoms with van der Waals surface area (Å²) in [5, 5.41) is 10.8. The number of rotatable bonds is 6. The number of halogens is 4. The lowest BCUT2D eigenvalue weighted by Gasteiger charge is -2.53. The lowest BCUT2D eigenvalue weighted by molar-refractivity contribution is -0.228. The van der Waals surface area contributed by atoms with Crippen LogP contribution in [0.2, 0.25) is 0 Å². The number of benzene rings is 1. The second kappa shape index (κ2) is 11.4. The van der Waals surface area contributed by atoms with Crippen LogP contribution in [0.25, 0.3) is 22.1 Å². The summed E-state index contributed by atoms with van der Waals surface area (Å²) in [6.45, 7) is 3.63. The summed E-state index contributed by atoms with van der Waals surface area (Å²) in [5.41, 5.74) is -0.196. The summed E-state index contributed by atoms with van der Waals surface area (Å²) in [7, 11) is 0. The van der Waals surface area contributed by atoms with Gasteiger partial charge in [0.15, 0.2) is 17.2 Å². The lowest BCUT2D eigenvalue weighted by atomic mass is 9.90. The van der Waals surface area contributed by atoms with Crippen molar-refractivity contribution in [3.63, 3.8) is 0 Å². The maximum Gasteiger partial charge on any atom is 0.326 e. The predicted octanol–water partition coefficient (Wildman–Crippen LogP) is 5.60. The molecular formula is C36H33F4N5O6. The Balaban J connectivity index is 1.07.